The number of para-hydroxylation sites is 1. The van der Waals surface area contributed by atoms with E-state index in [4.69, 9.17) is 14.5 Å². The van der Waals surface area contributed by atoms with Crippen molar-refractivity contribution >= 4 is 22.6 Å². The molecule has 5 heteroatoms. The number of methoxy groups -OCH3 is 2. The summed E-state index contributed by atoms with van der Waals surface area (Å²) in [5, 5.41) is 1.04. The molecular formula is C28H34N2O2S. The summed E-state index contributed by atoms with van der Waals surface area (Å²) in [5.74, 6) is 2.68. The molecular weight excluding hydrogens is 428 g/mol. The van der Waals surface area contributed by atoms with Gasteiger partial charge in [0.05, 0.1) is 19.9 Å². The lowest BCUT2D eigenvalue weighted by atomic mass is 10.1. The van der Waals surface area contributed by atoms with Crippen molar-refractivity contribution in [2.75, 3.05) is 20.0 Å². The summed E-state index contributed by atoms with van der Waals surface area (Å²) in [6, 6.07) is 23.0. The van der Waals surface area contributed by atoms with Crippen molar-refractivity contribution in [3.8, 4) is 11.5 Å². The Balaban J connectivity index is 2.01. The zero-order valence-corrected chi connectivity index (χ0v) is 21.1. The van der Waals surface area contributed by atoms with E-state index in [9.17, 15) is 0 Å². The Kier molecular flexibility index (Phi) is 9.25. The molecule has 0 aromatic heterocycles. The van der Waals surface area contributed by atoms with E-state index in [2.05, 4.69) is 68.1 Å². The summed E-state index contributed by atoms with van der Waals surface area (Å²) in [4.78, 5) is 7.60. The minimum atomic E-state index is 0.759. The first kappa shape index (κ1) is 24.7. The lowest BCUT2D eigenvalue weighted by Gasteiger charge is -2.27. The predicted octanol–water partition coefficient (Wildman–Crippen LogP) is 7.02. The summed E-state index contributed by atoms with van der Waals surface area (Å²) in [5.41, 5.74) is 6.00. The standard InChI is InChI=1S/C28H34N2O2S/c1-6-24-10-8-9-21(3)27(24)29-28(33-7-2)30(19-22-11-15-25(31-4)16-12-22)20-23-13-17-26(32-5)18-14-23/h8-18H,6-7,19-20H2,1-5H3. The molecule has 4 nitrogen and oxygen atoms in total. The highest BCUT2D eigenvalue weighted by Crippen LogP contribution is 2.28. The number of amidine groups is 1. The van der Waals surface area contributed by atoms with Gasteiger partial charge in [0.15, 0.2) is 5.17 Å². The number of aliphatic imine (C=N–C) groups is 1. The van der Waals surface area contributed by atoms with Gasteiger partial charge in [0.2, 0.25) is 0 Å². The zero-order valence-electron chi connectivity index (χ0n) is 20.3. The van der Waals surface area contributed by atoms with Gasteiger partial charge in [-0.15, -0.1) is 0 Å². The van der Waals surface area contributed by atoms with E-state index in [1.807, 2.05) is 24.3 Å². The molecule has 0 heterocycles. The Hall–Kier alpha value is -2.92. The molecule has 0 saturated carbocycles. The number of hydrogen-bond donors (Lipinski definition) is 0. The molecule has 0 N–H and O–H groups in total. The van der Waals surface area contributed by atoms with Crippen molar-refractivity contribution in [3.63, 3.8) is 0 Å². The fraction of sp³-hybridized carbons (Fsp3) is 0.321. The molecule has 0 radical (unpaired) electrons. The van der Waals surface area contributed by atoms with Crippen LogP contribution in [0.25, 0.3) is 0 Å². The molecule has 174 valence electrons. The van der Waals surface area contributed by atoms with Crippen molar-refractivity contribution in [1.29, 1.82) is 0 Å². The molecule has 33 heavy (non-hydrogen) atoms. The third-order valence-electron chi connectivity index (χ3n) is 5.52. The van der Waals surface area contributed by atoms with E-state index in [0.29, 0.717) is 0 Å². The van der Waals surface area contributed by atoms with Crippen LogP contribution in [0.1, 0.15) is 36.1 Å². The van der Waals surface area contributed by atoms with Gasteiger partial charge in [-0.2, -0.15) is 0 Å². The maximum atomic E-state index is 5.34. The molecule has 3 rings (SSSR count). The molecule has 0 saturated heterocycles. The highest BCUT2D eigenvalue weighted by atomic mass is 32.2. The van der Waals surface area contributed by atoms with Crippen LogP contribution in [-0.2, 0) is 19.5 Å². The average molecular weight is 463 g/mol. The topological polar surface area (TPSA) is 34.1 Å². The van der Waals surface area contributed by atoms with Crippen LogP contribution < -0.4 is 9.47 Å². The second kappa shape index (κ2) is 12.4. The Bertz CT molecular complexity index is 997. The highest BCUT2D eigenvalue weighted by Gasteiger charge is 2.16. The number of aryl methyl sites for hydroxylation is 2. The van der Waals surface area contributed by atoms with Gasteiger partial charge in [-0.05, 0) is 65.6 Å². The van der Waals surface area contributed by atoms with Gasteiger partial charge >= 0.3 is 0 Å². The van der Waals surface area contributed by atoms with Gasteiger partial charge in [0, 0.05) is 13.1 Å². The Morgan fingerprint density at radius 1 is 0.818 bits per heavy atom. The number of thioether (sulfide) groups is 1. The highest BCUT2D eigenvalue weighted by molar-refractivity contribution is 8.13. The number of nitrogens with zero attached hydrogens (tertiary/aromatic N) is 2. The lowest BCUT2D eigenvalue weighted by molar-refractivity contribution is 0.405. The SMILES string of the molecule is CCSC(=Nc1c(C)cccc1CC)N(Cc1ccc(OC)cc1)Cc1ccc(OC)cc1. The fourth-order valence-electron chi connectivity index (χ4n) is 3.68. The van der Waals surface area contributed by atoms with Crippen LogP contribution in [0.3, 0.4) is 0 Å². The number of benzene rings is 3. The third-order valence-corrected chi connectivity index (χ3v) is 6.41. The molecule has 0 unspecified atom stereocenters. The molecule has 0 aliphatic carbocycles. The van der Waals surface area contributed by atoms with E-state index in [1.165, 1.54) is 22.3 Å². The van der Waals surface area contributed by atoms with Crippen molar-refractivity contribution in [1.82, 2.24) is 4.90 Å². The largest absolute Gasteiger partial charge is 0.497 e. The number of ether oxygens (including phenoxy) is 2. The van der Waals surface area contributed by atoms with Gasteiger partial charge in [0.1, 0.15) is 11.5 Å². The van der Waals surface area contributed by atoms with Gasteiger partial charge in [-0.25, -0.2) is 4.99 Å². The minimum Gasteiger partial charge on any atom is -0.497 e. The molecule has 0 aliphatic heterocycles. The monoisotopic (exact) mass is 462 g/mol. The third kappa shape index (κ3) is 6.78. The summed E-state index contributed by atoms with van der Waals surface area (Å²) in [6.07, 6.45) is 0.960. The van der Waals surface area contributed by atoms with E-state index < -0.39 is 0 Å². The molecule has 3 aromatic rings. The first-order chi connectivity index (χ1) is 16.1. The second-order valence-corrected chi connectivity index (χ2v) is 9.05. The van der Waals surface area contributed by atoms with Crippen molar-refractivity contribution in [3.05, 3.63) is 89.0 Å². The van der Waals surface area contributed by atoms with Crippen LogP contribution >= 0.6 is 11.8 Å². The van der Waals surface area contributed by atoms with E-state index in [1.54, 1.807) is 26.0 Å². The second-order valence-electron chi connectivity index (χ2n) is 7.82. The summed E-state index contributed by atoms with van der Waals surface area (Å²) in [6.45, 7) is 8.03. The quantitative estimate of drug-likeness (QED) is 0.253. The average Bonchev–Trinajstić information content (AvgIpc) is 2.85. The summed E-state index contributed by atoms with van der Waals surface area (Å²) >= 11 is 1.79. The Morgan fingerprint density at radius 2 is 1.36 bits per heavy atom. The normalized spacial score (nSPS) is 11.4. The number of rotatable bonds is 9. The maximum absolute atomic E-state index is 5.34. The van der Waals surface area contributed by atoms with Gasteiger partial charge < -0.3 is 14.4 Å². The molecule has 0 atom stereocenters. The maximum Gasteiger partial charge on any atom is 0.165 e. The van der Waals surface area contributed by atoms with Crippen molar-refractivity contribution in [2.24, 2.45) is 4.99 Å². The van der Waals surface area contributed by atoms with Crippen molar-refractivity contribution in [2.45, 2.75) is 40.3 Å². The Labute approximate surface area is 202 Å². The molecule has 0 spiro atoms. The molecule has 0 amide bonds. The molecule has 0 bridgehead atoms. The van der Waals surface area contributed by atoms with Gasteiger partial charge in [-0.1, -0.05) is 68.1 Å². The number of hydrogen-bond acceptors (Lipinski definition) is 4. The van der Waals surface area contributed by atoms with Crippen LogP contribution in [0.5, 0.6) is 11.5 Å². The van der Waals surface area contributed by atoms with Gasteiger partial charge in [-0.3, -0.25) is 0 Å². The van der Waals surface area contributed by atoms with Crippen molar-refractivity contribution < 1.29 is 9.47 Å². The smallest absolute Gasteiger partial charge is 0.165 e. The van der Waals surface area contributed by atoms with Crippen LogP contribution in [0, 0.1) is 6.92 Å². The Morgan fingerprint density at radius 3 is 1.82 bits per heavy atom. The van der Waals surface area contributed by atoms with Crippen LogP contribution in [0.15, 0.2) is 71.7 Å². The van der Waals surface area contributed by atoms with Crippen LogP contribution in [0.2, 0.25) is 0 Å². The summed E-state index contributed by atoms with van der Waals surface area (Å²) < 4.78 is 10.7. The molecule has 0 fully saturated rings. The lowest BCUT2D eigenvalue weighted by Crippen LogP contribution is -2.28. The zero-order chi connectivity index (χ0) is 23.6. The van der Waals surface area contributed by atoms with E-state index in [0.717, 1.165) is 47.6 Å². The predicted molar refractivity (Wildman–Crippen MR) is 141 cm³/mol. The minimum absolute atomic E-state index is 0.759. The summed E-state index contributed by atoms with van der Waals surface area (Å²) in [7, 11) is 3.39. The molecule has 0 aliphatic rings. The van der Waals surface area contributed by atoms with E-state index >= 15 is 0 Å². The molecule has 3 aromatic carbocycles. The first-order valence-electron chi connectivity index (χ1n) is 11.4. The van der Waals surface area contributed by atoms with Gasteiger partial charge in [0.25, 0.3) is 0 Å². The van der Waals surface area contributed by atoms with Crippen LogP contribution in [0.4, 0.5) is 5.69 Å². The van der Waals surface area contributed by atoms with Crippen LogP contribution in [-0.4, -0.2) is 30.0 Å². The first-order valence-corrected chi connectivity index (χ1v) is 12.4. The van der Waals surface area contributed by atoms with E-state index in [-0.39, 0.29) is 0 Å². The fourth-order valence-corrected chi connectivity index (χ4v) is 4.40.